The molecule has 3 aromatic carbocycles. The van der Waals surface area contributed by atoms with Gasteiger partial charge in [-0.15, -0.1) is 0 Å². The molecule has 1 amide bonds. The largest absolute Gasteiger partial charge is 0.504 e. The van der Waals surface area contributed by atoms with Gasteiger partial charge in [0.25, 0.3) is 0 Å². The van der Waals surface area contributed by atoms with Crippen molar-refractivity contribution < 1.29 is 19.7 Å². The van der Waals surface area contributed by atoms with Crippen LogP contribution < -0.4 is 4.74 Å². The van der Waals surface area contributed by atoms with Gasteiger partial charge in [-0.1, -0.05) is 54.6 Å². The van der Waals surface area contributed by atoms with Crippen molar-refractivity contribution in [2.45, 2.75) is 73.6 Å². The van der Waals surface area contributed by atoms with Crippen LogP contribution >= 0.6 is 0 Å². The summed E-state index contributed by atoms with van der Waals surface area (Å²) in [5, 5.41) is 23.8. The van der Waals surface area contributed by atoms with Crippen LogP contribution in [0.1, 0.15) is 60.3 Å². The summed E-state index contributed by atoms with van der Waals surface area (Å²) in [5.41, 5.74) is 4.97. The molecule has 1 saturated heterocycles. The van der Waals surface area contributed by atoms with Crippen LogP contribution in [0.2, 0.25) is 0 Å². The fraction of sp³-hybridized carbons (Fsp3) is 0.457. The molecule has 0 aromatic heterocycles. The SMILES string of the molecule is CN(C(=O)C1c2ccccc2-c2ccccc21)[C@@H]1CC[C@@]2(O)[C@H]3Cc4ccc(O)c5c4[C@@]2(CCN3CC2CC2)[C@H]1O5. The molecule has 1 spiro atoms. The number of phenolic OH excluding ortho intramolecular Hbond substituents is 1. The molecule has 6 heteroatoms. The summed E-state index contributed by atoms with van der Waals surface area (Å²) in [4.78, 5) is 19.0. The third kappa shape index (κ3) is 2.97. The van der Waals surface area contributed by atoms with Crippen molar-refractivity contribution in [2.75, 3.05) is 20.1 Å². The van der Waals surface area contributed by atoms with E-state index in [9.17, 15) is 15.0 Å². The van der Waals surface area contributed by atoms with Crippen molar-refractivity contribution in [3.05, 3.63) is 82.9 Å². The fourth-order valence-electron chi connectivity index (χ4n) is 9.64. The molecule has 2 aliphatic heterocycles. The Balaban J connectivity index is 1.13. The van der Waals surface area contributed by atoms with Crippen molar-refractivity contribution >= 4 is 5.91 Å². The minimum absolute atomic E-state index is 0.0292. The van der Waals surface area contributed by atoms with Gasteiger partial charge < -0.3 is 19.8 Å². The van der Waals surface area contributed by atoms with Crippen LogP contribution in [-0.2, 0) is 16.6 Å². The van der Waals surface area contributed by atoms with Crippen LogP contribution in [0.15, 0.2) is 60.7 Å². The number of ether oxygens (including phenoxy) is 1. The molecule has 2 N–H and O–H groups in total. The Kier molecular flexibility index (Phi) is 4.82. The number of amides is 1. The van der Waals surface area contributed by atoms with E-state index in [0.717, 1.165) is 59.7 Å². The molecule has 2 saturated carbocycles. The lowest BCUT2D eigenvalue weighted by Gasteiger charge is -2.64. The standard InChI is InChI=1S/C35H36N2O4/c1-36(33(39)29-24-8-4-2-6-22(24)23-7-3-5-9-25(23)29)26-14-15-35(40)28-18-21-12-13-27(38)31-30(21)34(35,32(26)41-31)16-17-37(28)19-20-10-11-20/h2-9,12-13,20,26,28-29,32,38,40H,10-11,14-19H2,1H3/t26-,28-,32+,34+,35-/m1/s1. The number of phenols is 1. The maximum Gasteiger partial charge on any atom is 0.234 e. The van der Waals surface area contributed by atoms with E-state index in [4.69, 9.17) is 4.74 Å². The van der Waals surface area contributed by atoms with E-state index in [0.29, 0.717) is 18.6 Å². The van der Waals surface area contributed by atoms with E-state index in [1.807, 2.05) is 42.3 Å². The Morgan fingerprint density at radius 2 is 1.71 bits per heavy atom. The van der Waals surface area contributed by atoms with Gasteiger partial charge in [-0.05, 0) is 84.9 Å². The van der Waals surface area contributed by atoms with Gasteiger partial charge in [0.1, 0.15) is 6.10 Å². The number of likely N-dealkylation sites (tertiary alicyclic amines) is 1. The summed E-state index contributed by atoms with van der Waals surface area (Å²) in [6.07, 6.45) is 5.00. The highest BCUT2D eigenvalue weighted by Gasteiger charge is 2.73. The molecule has 0 unspecified atom stereocenters. The highest BCUT2D eigenvalue weighted by atomic mass is 16.5. The molecule has 4 aliphatic carbocycles. The van der Waals surface area contributed by atoms with Gasteiger partial charge in [0.05, 0.1) is 23.0 Å². The molecule has 3 fully saturated rings. The molecule has 2 bridgehead atoms. The van der Waals surface area contributed by atoms with Gasteiger partial charge in [0, 0.05) is 25.2 Å². The number of piperidine rings is 1. The van der Waals surface area contributed by atoms with Gasteiger partial charge in [-0.3, -0.25) is 9.69 Å². The summed E-state index contributed by atoms with van der Waals surface area (Å²) in [7, 11) is 1.92. The number of hydrogen-bond donors (Lipinski definition) is 2. The Bertz CT molecular complexity index is 1570. The second kappa shape index (κ2) is 8.14. The topological polar surface area (TPSA) is 73.2 Å². The van der Waals surface area contributed by atoms with Crippen molar-refractivity contribution in [3.8, 4) is 22.6 Å². The van der Waals surface area contributed by atoms with Gasteiger partial charge in [-0.2, -0.15) is 0 Å². The number of aromatic hydroxyl groups is 1. The van der Waals surface area contributed by atoms with Gasteiger partial charge >= 0.3 is 0 Å². The lowest BCUT2D eigenvalue weighted by molar-refractivity contribution is -0.200. The van der Waals surface area contributed by atoms with E-state index in [-0.39, 0.29) is 29.7 Å². The number of carbonyl (C=O) groups is 1. The van der Waals surface area contributed by atoms with Crippen molar-refractivity contribution in [2.24, 2.45) is 5.92 Å². The molecule has 0 radical (unpaired) electrons. The second-order valence-electron chi connectivity index (χ2n) is 13.5. The summed E-state index contributed by atoms with van der Waals surface area (Å²) >= 11 is 0. The van der Waals surface area contributed by atoms with Gasteiger partial charge in [-0.25, -0.2) is 0 Å². The maximum absolute atomic E-state index is 14.5. The molecule has 9 rings (SSSR count). The highest BCUT2D eigenvalue weighted by molar-refractivity contribution is 5.96. The molecular weight excluding hydrogens is 512 g/mol. The number of benzene rings is 3. The van der Waals surface area contributed by atoms with E-state index >= 15 is 0 Å². The monoisotopic (exact) mass is 548 g/mol. The number of likely N-dealkylation sites (N-methyl/N-ethyl adjacent to an activating group) is 1. The van der Waals surface area contributed by atoms with Crippen LogP contribution in [0.5, 0.6) is 11.5 Å². The minimum Gasteiger partial charge on any atom is -0.504 e. The number of fused-ring (bicyclic) bond motifs is 3. The zero-order valence-electron chi connectivity index (χ0n) is 23.4. The predicted molar refractivity (Wildman–Crippen MR) is 155 cm³/mol. The second-order valence-corrected chi connectivity index (χ2v) is 13.5. The third-order valence-electron chi connectivity index (χ3n) is 11.7. The number of carbonyl (C=O) groups excluding carboxylic acids is 1. The Hall–Kier alpha value is -3.35. The third-order valence-corrected chi connectivity index (χ3v) is 11.7. The van der Waals surface area contributed by atoms with Crippen LogP contribution in [-0.4, -0.2) is 69.8 Å². The summed E-state index contributed by atoms with van der Waals surface area (Å²) in [6.45, 7) is 1.96. The Morgan fingerprint density at radius 3 is 2.41 bits per heavy atom. The lowest BCUT2D eigenvalue weighted by Crippen LogP contribution is -2.78. The van der Waals surface area contributed by atoms with E-state index in [1.54, 1.807) is 6.07 Å². The van der Waals surface area contributed by atoms with Gasteiger partial charge in [0.15, 0.2) is 11.5 Å². The molecule has 41 heavy (non-hydrogen) atoms. The Labute approximate surface area is 240 Å². The van der Waals surface area contributed by atoms with Crippen LogP contribution in [0.25, 0.3) is 11.1 Å². The average molecular weight is 549 g/mol. The van der Waals surface area contributed by atoms with Crippen LogP contribution in [0.3, 0.4) is 0 Å². The maximum atomic E-state index is 14.5. The number of aliphatic hydroxyl groups is 1. The first kappa shape index (κ1) is 24.3. The molecular formula is C35H36N2O4. The van der Waals surface area contributed by atoms with Gasteiger partial charge in [0.2, 0.25) is 5.91 Å². The first-order chi connectivity index (χ1) is 19.9. The van der Waals surface area contributed by atoms with Crippen LogP contribution in [0.4, 0.5) is 0 Å². The summed E-state index contributed by atoms with van der Waals surface area (Å²) in [5.74, 6) is 1.12. The quantitative estimate of drug-likeness (QED) is 0.499. The summed E-state index contributed by atoms with van der Waals surface area (Å²) in [6, 6.07) is 20.1. The van der Waals surface area contributed by atoms with E-state index in [1.165, 1.54) is 18.4 Å². The van der Waals surface area contributed by atoms with E-state index in [2.05, 4.69) is 29.2 Å². The number of rotatable bonds is 4. The van der Waals surface area contributed by atoms with Crippen molar-refractivity contribution in [1.82, 2.24) is 9.80 Å². The minimum atomic E-state index is -0.955. The van der Waals surface area contributed by atoms with E-state index < -0.39 is 17.1 Å². The van der Waals surface area contributed by atoms with Crippen molar-refractivity contribution in [3.63, 3.8) is 0 Å². The number of hydrogen-bond acceptors (Lipinski definition) is 5. The zero-order chi connectivity index (χ0) is 27.7. The summed E-state index contributed by atoms with van der Waals surface area (Å²) < 4.78 is 6.77. The predicted octanol–water partition coefficient (Wildman–Crippen LogP) is 4.60. The molecule has 6 aliphatic rings. The highest BCUT2D eigenvalue weighted by Crippen LogP contribution is 2.66. The molecule has 210 valence electrons. The van der Waals surface area contributed by atoms with Crippen molar-refractivity contribution in [1.29, 1.82) is 0 Å². The Morgan fingerprint density at radius 1 is 1.00 bits per heavy atom. The first-order valence-electron chi connectivity index (χ1n) is 15.4. The smallest absolute Gasteiger partial charge is 0.234 e. The fourth-order valence-corrected chi connectivity index (χ4v) is 9.64. The lowest BCUT2D eigenvalue weighted by atomic mass is 9.48. The molecule has 6 nitrogen and oxygen atoms in total. The molecule has 5 atom stereocenters. The molecule has 3 aromatic rings. The normalized spacial score (nSPS) is 32.6. The zero-order valence-corrected chi connectivity index (χ0v) is 23.4. The number of nitrogens with zero attached hydrogens (tertiary/aromatic N) is 2. The molecule has 2 heterocycles. The van der Waals surface area contributed by atoms with Crippen LogP contribution in [0, 0.1) is 5.92 Å². The average Bonchev–Trinajstić information content (AvgIpc) is 3.64. The first-order valence-corrected chi connectivity index (χ1v) is 15.4.